The third-order valence-corrected chi connectivity index (χ3v) is 73.1. The van der Waals surface area contributed by atoms with E-state index in [1.54, 1.807) is 114 Å². The molecule has 0 spiro atoms. The van der Waals surface area contributed by atoms with E-state index in [1.165, 1.54) is 0 Å². The van der Waals surface area contributed by atoms with Crippen LogP contribution < -0.4 is 0 Å². The SMILES string of the molecule is CO[Si](CC[Si](C)(C)O[Si](C)(O[Si](C)(C)C)O[Si](C)(C)C)(OC)OC.CO[Si](CC[Si](C)(C)O[Si](OC)(O[Si](C)(C)C)O[Si](C)(C)CC[Si](OC)(OC)OC)(OC)OC.CO[Si](CC[Si](C)(C)O[Si](O[Si](C)(C)C)(O[Si](C)(C)C)O[Si](C)(C)CC[Si](OC)(OC)OC)(OC)OC. The average Bonchev–Trinajstić information content (AvgIpc) is 0.797. The molecule has 0 radical (unpaired) electrons. The second-order valence-electron chi connectivity index (χ2n) is 31.4. The second kappa shape index (κ2) is 42.6. The van der Waals surface area contributed by atoms with Gasteiger partial charge in [0.1, 0.15) is 0 Å². The van der Waals surface area contributed by atoms with Gasteiger partial charge in [-0.15, -0.1) is 0 Å². The third kappa shape index (κ3) is 41.8. The molecule has 0 aromatic rings. The lowest BCUT2D eigenvalue weighted by atomic mass is 10.9. The first-order chi connectivity index (χ1) is 43.1. The minimum absolute atomic E-state index is 0.640. The highest BCUT2D eigenvalue weighted by molar-refractivity contribution is 6.93. The van der Waals surface area contributed by atoms with Gasteiger partial charge >= 0.3 is 70.9 Å². The van der Waals surface area contributed by atoms with Crippen molar-refractivity contribution in [1.29, 1.82) is 0 Å². The highest BCUT2D eigenvalue weighted by Gasteiger charge is 2.60. The lowest BCUT2D eigenvalue weighted by Crippen LogP contribution is -2.66. The van der Waals surface area contributed by atoms with Crippen LogP contribution in [-0.2, 0) is 112 Å². The standard InChI is InChI=1S/C20H56O10Si7.C18H50O10Si6.C14H40O6Si5/c1-21-35(22-2,23-3)19-17-33(13,14)29-37(27-31(7,8)9,28-32(10,11)12)30-34(15,16)18-20-36(24-4,25-5)26-6;1-19-32(20-2,21-3)17-15-30(11,12)27-34(25-7,26-29(8,9)10)28-31(13,14)16-18-33(22-4,23-5)24-6;1-15-25(16-2,17-3)14-13-23(10,11)20-24(12,18-21(4,5)6)19-22(7,8)9/h17-20H2,1-16H3;15-18H2,1-14H3;13-14H2,1-12H3. The molecule has 0 saturated heterocycles. The van der Waals surface area contributed by atoms with Gasteiger partial charge in [-0.05, 0) is 194 Å². The van der Waals surface area contributed by atoms with E-state index in [-0.39, 0.29) is 0 Å². The van der Waals surface area contributed by atoms with Crippen molar-refractivity contribution < 1.29 is 112 Å². The van der Waals surface area contributed by atoms with Crippen LogP contribution >= 0.6 is 0 Å². The molecule has 0 heterocycles. The lowest BCUT2D eigenvalue weighted by molar-refractivity contribution is 0.105. The lowest BCUT2D eigenvalue weighted by Gasteiger charge is -2.45. The highest BCUT2D eigenvalue weighted by atomic mass is 28.5. The Hall–Kier alpha value is 2.86. The fourth-order valence-corrected chi connectivity index (χ4v) is 75.8. The van der Waals surface area contributed by atoms with E-state index in [2.05, 4.69) is 170 Å². The van der Waals surface area contributed by atoms with Crippen LogP contribution in [0, 0.1) is 0 Å². The number of rotatable bonds is 51. The Morgan fingerprint density at radius 2 is 0.292 bits per heavy atom. The summed E-state index contributed by atoms with van der Waals surface area (Å²) >= 11 is 0. The van der Waals surface area contributed by atoms with E-state index in [0.29, 0.717) is 24.2 Å². The Bertz CT molecular complexity index is 1950. The molecule has 0 aliphatic carbocycles. The third-order valence-electron chi connectivity index (χ3n) is 14.4. The Labute approximate surface area is 606 Å². The minimum atomic E-state index is -3.56. The van der Waals surface area contributed by atoms with Gasteiger partial charge in [0.15, 0.2) is 83.2 Å². The van der Waals surface area contributed by atoms with Crippen LogP contribution in [0.25, 0.3) is 0 Å². The summed E-state index contributed by atoms with van der Waals surface area (Å²) in [7, 11) is -18.6. The summed E-state index contributed by atoms with van der Waals surface area (Å²) in [5, 5.41) is 0. The van der Waals surface area contributed by atoms with Crippen LogP contribution in [0.15, 0.2) is 0 Å². The van der Waals surface area contributed by atoms with Crippen molar-refractivity contribution in [3.8, 4) is 0 Å². The summed E-state index contributed by atoms with van der Waals surface area (Å²) in [6.45, 7) is 56.0. The van der Waals surface area contributed by atoms with E-state index in [4.69, 9.17) is 112 Å². The maximum atomic E-state index is 7.04. The van der Waals surface area contributed by atoms with E-state index < -0.39 is 154 Å². The van der Waals surface area contributed by atoms with Crippen molar-refractivity contribution >= 4 is 154 Å². The molecule has 0 N–H and O–H groups in total. The van der Waals surface area contributed by atoms with Crippen molar-refractivity contribution in [3.63, 3.8) is 0 Å². The summed E-state index contributed by atoms with van der Waals surface area (Å²) in [4.78, 5) is 0. The average molecular weight is 1690 g/mol. The molecule has 0 aliphatic rings. The van der Waals surface area contributed by atoms with Gasteiger partial charge in [-0.3, -0.25) is 0 Å². The molecule has 0 bridgehead atoms. The minimum Gasteiger partial charge on any atom is -0.417 e. The largest absolute Gasteiger partial charge is 0.647 e. The Kier molecular flexibility index (Phi) is 45.7. The molecule has 582 valence electrons. The molecule has 0 rings (SSSR count). The van der Waals surface area contributed by atoms with Crippen molar-refractivity contribution in [3.05, 3.63) is 0 Å². The Morgan fingerprint density at radius 1 is 0.146 bits per heavy atom. The van der Waals surface area contributed by atoms with E-state index in [9.17, 15) is 0 Å². The molecular formula is C52H146O26Si18. The molecule has 0 atom stereocenters. The maximum absolute atomic E-state index is 7.04. The summed E-state index contributed by atoms with van der Waals surface area (Å²) in [5.41, 5.74) is 0. The normalized spacial score (nSPS) is 14.8. The Balaban J connectivity index is -0.00000138. The fourth-order valence-electron chi connectivity index (χ4n) is 9.77. The zero-order chi connectivity index (χ0) is 76.5. The second-order valence-corrected chi connectivity index (χ2v) is 100. The van der Waals surface area contributed by atoms with Gasteiger partial charge in [0.05, 0.1) is 0 Å². The molecule has 96 heavy (non-hydrogen) atoms. The summed E-state index contributed by atoms with van der Waals surface area (Å²) in [6.07, 6.45) is 0. The summed E-state index contributed by atoms with van der Waals surface area (Å²) in [5.74, 6) is 0. The molecule has 0 aromatic heterocycles. The first-order valence-electron chi connectivity index (χ1n) is 32.9. The molecule has 0 fully saturated rings. The van der Waals surface area contributed by atoms with Crippen LogP contribution in [0.3, 0.4) is 0 Å². The van der Waals surface area contributed by atoms with Crippen molar-refractivity contribution in [2.75, 3.05) is 114 Å². The van der Waals surface area contributed by atoms with Crippen LogP contribution in [0.2, 0.25) is 231 Å². The number of hydrogen-bond donors (Lipinski definition) is 0. The molecule has 0 aromatic carbocycles. The van der Waals surface area contributed by atoms with Gasteiger partial charge in [0, 0.05) is 151 Å². The van der Waals surface area contributed by atoms with E-state index in [0.717, 1.165) is 36.3 Å². The van der Waals surface area contributed by atoms with Gasteiger partial charge < -0.3 is 112 Å². The quantitative estimate of drug-likeness (QED) is 0.0514. The summed E-state index contributed by atoms with van der Waals surface area (Å²) in [6, 6.07) is 7.19. The van der Waals surface area contributed by atoms with Gasteiger partial charge in [-0.2, -0.15) is 0 Å². The Morgan fingerprint density at radius 3 is 0.438 bits per heavy atom. The van der Waals surface area contributed by atoms with Crippen LogP contribution in [0.5, 0.6) is 0 Å². The molecule has 0 unspecified atom stereocenters. The molecule has 0 saturated carbocycles. The molecule has 44 heteroatoms. The van der Waals surface area contributed by atoms with Crippen molar-refractivity contribution in [1.82, 2.24) is 0 Å². The first-order valence-corrected chi connectivity index (χ1v) is 80.7. The van der Waals surface area contributed by atoms with Crippen LogP contribution in [-0.4, -0.2) is 268 Å². The molecule has 0 amide bonds. The molecule has 26 nitrogen and oxygen atoms in total. The first kappa shape index (κ1) is 103. The van der Waals surface area contributed by atoms with Gasteiger partial charge in [0.25, 0.3) is 0 Å². The van der Waals surface area contributed by atoms with Crippen LogP contribution in [0.4, 0.5) is 0 Å². The van der Waals surface area contributed by atoms with Crippen molar-refractivity contribution in [2.24, 2.45) is 0 Å². The molecular weight excluding hydrogens is 1550 g/mol. The predicted octanol–water partition coefficient (Wildman–Crippen LogP) is 13.8. The van der Waals surface area contributed by atoms with Crippen molar-refractivity contribution in [2.45, 2.75) is 231 Å². The summed E-state index contributed by atoms with van der Waals surface area (Å²) < 4.78 is 158. The fraction of sp³-hybridized carbons (Fsp3) is 1.00. The highest BCUT2D eigenvalue weighted by Crippen LogP contribution is 2.37. The topological polar surface area (TPSA) is 240 Å². The van der Waals surface area contributed by atoms with Gasteiger partial charge in [0.2, 0.25) is 0 Å². The zero-order valence-electron chi connectivity index (χ0n) is 68.7. The predicted molar refractivity (Wildman–Crippen MR) is 427 cm³/mol. The van der Waals surface area contributed by atoms with E-state index >= 15 is 0 Å². The monoisotopic (exact) mass is 1690 g/mol. The smallest absolute Gasteiger partial charge is 0.417 e. The van der Waals surface area contributed by atoms with E-state index in [1.807, 2.05) is 0 Å². The number of hydrogen-bond acceptors (Lipinski definition) is 26. The van der Waals surface area contributed by atoms with Gasteiger partial charge in [-0.1, -0.05) is 0 Å². The zero-order valence-corrected chi connectivity index (χ0v) is 86.7. The maximum Gasteiger partial charge on any atom is 0.647 e. The molecule has 0 aliphatic heterocycles. The van der Waals surface area contributed by atoms with Gasteiger partial charge in [-0.25, -0.2) is 0 Å². The van der Waals surface area contributed by atoms with Crippen LogP contribution in [0.1, 0.15) is 0 Å².